The fraction of sp³-hybridized carbons (Fsp3) is 0.500. The number of nitrogens with two attached hydrogens (primary N) is 1. The summed E-state index contributed by atoms with van der Waals surface area (Å²) in [5.74, 6) is 0.961. The number of fused-ring (bicyclic) bond motifs is 1. The van der Waals surface area contributed by atoms with Crippen LogP contribution in [0.3, 0.4) is 0 Å². The van der Waals surface area contributed by atoms with Gasteiger partial charge in [-0.15, -0.1) is 5.10 Å². The predicted molar refractivity (Wildman–Crippen MR) is 76.3 cm³/mol. The summed E-state index contributed by atoms with van der Waals surface area (Å²) < 4.78 is 1.99. The van der Waals surface area contributed by atoms with E-state index in [1.165, 1.54) is 24.1 Å². The van der Waals surface area contributed by atoms with Gasteiger partial charge in [-0.25, -0.2) is 4.68 Å². The number of nitrogens with zero attached hydrogens (tertiary/aromatic N) is 5. The van der Waals surface area contributed by atoms with E-state index in [0.29, 0.717) is 6.04 Å². The van der Waals surface area contributed by atoms with Crippen molar-refractivity contribution in [2.24, 2.45) is 0 Å². The van der Waals surface area contributed by atoms with Crippen LogP contribution in [0.15, 0.2) is 18.2 Å². The minimum atomic E-state index is 0.519. The predicted octanol–water partition coefficient (Wildman–Crippen LogP) is 1.54. The molecule has 0 bridgehead atoms. The van der Waals surface area contributed by atoms with E-state index in [0.717, 1.165) is 37.4 Å². The van der Waals surface area contributed by atoms with Gasteiger partial charge in [0.1, 0.15) is 0 Å². The van der Waals surface area contributed by atoms with Gasteiger partial charge in [-0.3, -0.25) is 0 Å². The summed E-state index contributed by atoms with van der Waals surface area (Å²) in [6, 6.07) is 6.67. The summed E-state index contributed by atoms with van der Waals surface area (Å²) in [6.07, 6.45) is 4.58. The maximum atomic E-state index is 6.09. The van der Waals surface area contributed by atoms with E-state index in [4.69, 9.17) is 5.73 Å². The molecule has 1 aliphatic carbocycles. The first-order valence-corrected chi connectivity index (χ1v) is 7.22. The molecule has 104 valence electrons. The van der Waals surface area contributed by atoms with E-state index in [2.05, 4.69) is 26.5 Å². The average Bonchev–Trinajstić information content (AvgIpc) is 3.20. The molecule has 1 aromatic carbocycles. The molecule has 0 saturated heterocycles. The summed E-state index contributed by atoms with van der Waals surface area (Å²) in [5, 5.41) is 12.2. The number of hydrogen-bond donors (Lipinski definition) is 1. The Hall–Kier alpha value is -2.11. The Bertz CT molecular complexity index is 630. The molecule has 1 fully saturated rings. The molecule has 0 amide bonds. The van der Waals surface area contributed by atoms with Gasteiger partial charge >= 0.3 is 0 Å². The Morgan fingerprint density at radius 1 is 1.30 bits per heavy atom. The molecule has 4 rings (SSSR count). The Morgan fingerprint density at radius 3 is 3.05 bits per heavy atom. The quantitative estimate of drug-likeness (QED) is 0.856. The number of benzene rings is 1. The second-order valence-corrected chi connectivity index (χ2v) is 5.64. The van der Waals surface area contributed by atoms with Crippen molar-refractivity contribution in [3.8, 4) is 0 Å². The largest absolute Gasteiger partial charge is 0.398 e. The van der Waals surface area contributed by atoms with Gasteiger partial charge in [-0.05, 0) is 53.8 Å². The molecule has 6 nitrogen and oxygen atoms in total. The Morgan fingerprint density at radius 2 is 2.20 bits per heavy atom. The molecule has 0 radical (unpaired) electrons. The van der Waals surface area contributed by atoms with E-state index in [-0.39, 0.29) is 0 Å². The molecular formula is C14H18N6. The lowest BCUT2D eigenvalue weighted by Crippen LogP contribution is -2.30. The van der Waals surface area contributed by atoms with Crippen molar-refractivity contribution >= 4 is 11.4 Å². The molecule has 0 spiro atoms. The maximum absolute atomic E-state index is 6.09. The molecule has 0 unspecified atom stereocenters. The molecule has 2 aromatic rings. The minimum absolute atomic E-state index is 0.519. The normalized spacial score (nSPS) is 18.1. The zero-order chi connectivity index (χ0) is 13.5. The van der Waals surface area contributed by atoms with Crippen molar-refractivity contribution in [3.05, 3.63) is 29.6 Å². The lowest BCUT2D eigenvalue weighted by molar-refractivity contribution is 0.567. The SMILES string of the molecule is Nc1cccc2c1CCCN2Cc1nnnn1C1CC1. The first-order chi connectivity index (χ1) is 9.83. The maximum Gasteiger partial charge on any atom is 0.170 e. The van der Waals surface area contributed by atoms with E-state index in [1.807, 2.05) is 16.8 Å². The van der Waals surface area contributed by atoms with Crippen LogP contribution >= 0.6 is 0 Å². The topological polar surface area (TPSA) is 72.9 Å². The second kappa shape index (κ2) is 4.47. The Labute approximate surface area is 117 Å². The third-order valence-corrected chi connectivity index (χ3v) is 4.17. The van der Waals surface area contributed by atoms with Crippen LogP contribution < -0.4 is 10.6 Å². The fourth-order valence-electron chi connectivity index (χ4n) is 2.98. The molecule has 0 atom stereocenters. The van der Waals surface area contributed by atoms with E-state index >= 15 is 0 Å². The van der Waals surface area contributed by atoms with Gasteiger partial charge < -0.3 is 10.6 Å². The zero-order valence-corrected chi connectivity index (χ0v) is 11.4. The van der Waals surface area contributed by atoms with Crippen LogP contribution in [0.25, 0.3) is 0 Å². The third kappa shape index (κ3) is 1.92. The smallest absolute Gasteiger partial charge is 0.170 e. The third-order valence-electron chi connectivity index (χ3n) is 4.17. The summed E-state index contributed by atoms with van der Waals surface area (Å²) in [4.78, 5) is 2.35. The van der Waals surface area contributed by atoms with Gasteiger partial charge in [0, 0.05) is 17.9 Å². The van der Waals surface area contributed by atoms with E-state index in [1.54, 1.807) is 0 Å². The van der Waals surface area contributed by atoms with Crippen LogP contribution in [-0.4, -0.2) is 26.8 Å². The molecule has 2 aliphatic rings. The van der Waals surface area contributed by atoms with Crippen LogP contribution in [0.1, 0.15) is 36.7 Å². The molecular weight excluding hydrogens is 252 g/mol. The Balaban J connectivity index is 1.64. The minimum Gasteiger partial charge on any atom is -0.398 e. The van der Waals surface area contributed by atoms with Crippen LogP contribution in [-0.2, 0) is 13.0 Å². The molecule has 6 heteroatoms. The zero-order valence-electron chi connectivity index (χ0n) is 11.4. The van der Waals surface area contributed by atoms with Crippen molar-refractivity contribution in [1.82, 2.24) is 20.2 Å². The first-order valence-electron chi connectivity index (χ1n) is 7.22. The van der Waals surface area contributed by atoms with Crippen molar-refractivity contribution in [2.75, 3.05) is 17.2 Å². The monoisotopic (exact) mass is 270 g/mol. The molecule has 1 aromatic heterocycles. The van der Waals surface area contributed by atoms with Gasteiger partial charge in [0.15, 0.2) is 5.82 Å². The highest BCUT2D eigenvalue weighted by molar-refractivity contribution is 5.66. The van der Waals surface area contributed by atoms with Crippen LogP contribution in [0, 0.1) is 0 Å². The highest BCUT2D eigenvalue weighted by Crippen LogP contribution is 2.36. The number of nitrogen functional groups attached to an aromatic ring is 1. The van der Waals surface area contributed by atoms with Gasteiger partial charge in [0.25, 0.3) is 0 Å². The number of aromatic nitrogens is 4. The molecule has 2 heterocycles. The van der Waals surface area contributed by atoms with Crippen molar-refractivity contribution in [2.45, 2.75) is 38.3 Å². The van der Waals surface area contributed by atoms with Gasteiger partial charge in [-0.2, -0.15) is 0 Å². The standard InChI is InChI=1S/C14H18N6/c15-12-4-1-5-13-11(12)3-2-8-19(13)9-14-16-17-18-20(14)10-6-7-10/h1,4-5,10H,2-3,6-9,15H2. The van der Waals surface area contributed by atoms with E-state index < -0.39 is 0 Å². The van der Waals surface area contributed by atoms with Crippen LogP contribution in [0.5, 0.6) is 0 Å². The molecule has 1 aliphatic heterocycles. The van der Waals surface area contributed by atoms with Gasteiger partial charge in [0.05, 0.1) is 12.6 Å². The number of tetrazole rings is 1. The lowest BCUT2D eigenvalue weighted by Gasteiger charge is -2.31. The summed E-state index contributed by atoms with van der Waals surface area (Å²) >= 11 is 0. The summed E-state index contributed by atoms with van der Waals surface area (Å²) in [7, 11) is 0. The summed E-state index contributed by atoms with van der Waals surface area (Å²) in [6.45, 7) is 1.80. The van der Waals surface area contributed by atoms with Crippen molar-refractivity contribution in [3.63, 3.8) is 0 Å². The Kier molecular flexibility index (Phi) is 2.61. The number of rotatable bonds is 3. The fourth-order valence-corrected chi connectivity index (χ4v) is 2.98. The van der Waals surface area contributed by atoms with Crippen molar-refractivity contribution < 1.29 is 0 Å². The number of anilines is 2. The summed E-state index contributed by atoms with van der Waals surface area (Å²) in [5.41, 5.74) is 9.50. The van der Waals surface area contributed by atoms with Crippen LogP contribution in [0.2, 0.25) is 0 Å². The lowest BCUT2D eigenvalue weighted by atomic mass is 10.00. The second-order valence-electron chi connectivity index (χ2n) is 5.64. The highest BCUT2D eigenvalue weighted by Gasteiger charge is 2.29. The van der Waals surface area contributed by atoms with Crippen LogP contribution in [0.4, 0.5) is 11.4 Å². The van der Waals surface area contributed by atoms with Crippen molar-refractivity contribution in [1.29, 1.82) is 0 Å². The molecule has 2 N–H and O–H groups in total. The first kappa shape index (κ1) is 11.7. The highest BCUT2D eigenvalue weighted by atomic mass is 15.6. The van der Waals surface area contributed by atoms with Gasteiger partial charge in [0.2, 0.25) is 0 Å². The van der Waals surface area contributed by atoms with E-state index in [9.17, 15) is 0 Å². The number of hydrogen-bond acceptors (Lipinski definition) is 5. The van der Waals surface area contributed by atoms with Gasteiger partial charge in [-0.1, -0.05) is 6.07 Å². The average molecular weight is 270 g/mol. The molecule has 1 saturated carbocycles. The molecule has 20 heavy (non-hydrogen) atoms.